The van der Waals surface area contributed by atoms with Gasteiger partial charge in [-0.3, -0.25) is 0 Å². The topological polar surface area (TPSA) is 60.7 Å². The lowest BCUT2D eigenvalue weighted by atomic mass is 9.45. The summed E-state index contributed by atoms with van der Waals surface area (Å²) in [6.45, 7) is 9.21. The average Bonchev–Trinajstić information content (AvgIpc) is 2.46. The molecule has 3 rings (SSSR count). The van der Waals surface area contributed by atoms with Crippen molar-refractivity contribution in [3.63, 3.8) is 0 Å². The predicted octanol–water partition coefficient (Wildman–Crippen LogP) is 4.49. The number of rotatable bonds is 2. The number of phenolic OH excluding ortho intramolecular Hbond substituents is 2. The number of aliphatic hydroxyl groups excluding tert-OH is 1. The van der Waals surface area contributed by atoms with Crippen LogP contribution in [0.2, 0.25) is 0 Å². The molecule has 3 N–H and O–H groups in total. The molecule has 24 heavy (non-hydrogen) atoms. The summed E-state index contributed by atoms with van der Waals surface area (Å²) in [5.74, 6) is 1.90. The fraction of sp³-hybridized carbons (Fsp3) is 0.714. The molecule has 2 aliphatic rings. The maximum Gasteiger partial charge on any atom is 0.119 e. The molecule has 2 saturated carbocycles. The Hall–Kier alpha value is -1.22. The Bertz CT molecular complexity index is 589. The summed E-state index contributed by atoms with van der Waals surface area (Å²) in [7, 11) is 0. The number of hydrogen-bond donors (Lipinski definition) is 3. The zero-order valence-corrected chi connectivity index (χ0v) is 15.4. The van der Waals surface area contributed by atoms with Crippen molar-refractivity contribution in [2.24, 2.45) is 28.6 Å². The van der Waals surface area contributed by atoms with Gasteiger partial charge in [0.25, 0.3) is 0 Å². The molecule has 1 aromatic carbocycles. The highest BCUT2D eigenvalue weighted by Crippen LogP contribution is 2.61. The first-order valence-corrected chi connectivity index (χ1v) is 9.34. The van der Waals surface area contributed by atoms with E-state index in [2.05, 4.69) is 27.7 Å². The molecule has 0 bridgehead atoms. The Morgan fingerprint density at radius 1 is 1.00 bits per heavy atom. The van der Waals surface area contributed by atoms with E-state index in [0.29, 0.717) is 17.8 Å². The SMILES string of the molecule is CC1CCC2C(C)(C)C(O)CCC2(C)C1Cc1cc(O)cc(O)c1. The normalized spacial score (nSPS) is 38.5. The van der Waals surface area contributed by atoms with Crippen molar-refractivity contribution in [3.05, 3.63) is 23.8 Å². The second-order valence-corrected chi connectivity index (χ2v) is 9.16. The fourth-order valence-electron chi connectivity index (χ4n) is 5.96. The quantitative estimate of drug-likeness (QED) is 0.748. The molecule has 0 radical (unpaired) electrons. The first-order valence-electron chi connectivity index (χ1n) is 9.34. The summed E-state index contributed by atoms with van der Waals surface area (Å²) in [4.78, 5) is 0. The second-order valence-electron chi connectivity index (χ2n) is 9.16. The van der Waals surface area contributed by atoms with Crippen LogP contribution >= 0.6 is 0 Å². The van der Waals surface area contributed by atoms with Crippen molar-refractivity contribution < 1.29 is 15.3 Å². The van der Waals surface area contributed by atoms with E-state index in [0.717, 1.165) is 24.8 Å². The zero-order chi connectivity index (χ0) is 17.7. The van der Waals surface area contributed by atoms with Crippen LogP contribution in [-0.4, -0.2) is 21.4 Å². The Kier molecular flexibility index (Phi) is 4.36. The lowest BCUT2D eigenvalue weighted by Crippen LogP contribution is -2.56. The molecule has 0 spiro atoms. The monoisotopic (exact) mass is 332 g/mol. The Morgan fingerprint density at radius 3 is 2.25 bits per heavy atom. The molecule has 5 unspecified atom stereocenters. The Balaban J connectivity index is 1.93. The van der Waals surface area contributed by atoms with Gasteiger partial charge in [0.05, 0.1) is 6.10 Å². The minimum Gasteiger partial charge on any atom is -0.508 e. The van der Waals surface area contributed by atoms with Crippen LogP contribution in [-0.2, 0) is 6.42 Å². The molecule has 0 saturated heterocycles. The Morgan fingerprint density at radius 2 is 1.62 bits per heavy atom. The van der Waals surface area contributed by atoms with E-state index in [1.165, 1.54) is 18.9 Å². The van der Waals surface area contributed by atoms with Gasteiger partial charge in [0, 0.05) is 6.07 Å². The van der Waals surface area contributed by atoms with Crippen LogP contribution in [0.3, 0.4) is 0 Å². The predicted molar refractivity (Wildman–Crippen MR) is 96.0 cm³/mol. The van der Waals surface area contributed by atoms with E-state index >= 15 is 0 Å². The van der Waals surface area contributed by atoms with Gasteiger partial charge in [0.15, 0.2) is 0 Å². The first kappa shape index (κ1) is 17.6. The highest BCUT2D eigenvalue weighted by molar-refractivity contribution is 5.37. The lowest BCUT2D eigenvalue weighted by molar-refractivity contribution is -0.148. The Labute approximate surface area is 145 Å². The van der Waals surface area contributed by atoms with Crippen molar-refractivity contribution in [2.45, 2.75) is 65.9 Å². The van der Waals surface area contributed by atoms with E-state index in [4.69, 9.17) is 0 Å². The van der Waals surface area contributed by atoms with Crippen molar-refractivity contribution in [1.29, 1.82) is 0 Å². The average molecular weight is 332 g/mol. The van der Waals surface area contributed by atoms with Gasteiger partial charge in [-0.05, 0) is 72.0 Å². The van der Waals surface area contributed by atoms with Gasteiger partial charge in [-0.1, -0.05) is 34.1 Å². The standard InChI is InChI=1S/C21H32O3/c1-13-5-6-18-20(2,3)19(24)7-8-21(18,4)17(13)11-14-9-15(22)12-16(23)10-14/h9-10,12-13,17-19,22-24H,5-8,11H2,1-4H3. The molecule has 134 valence electrons. The van der Waals surface area contributed by atoms with Crippen molar-refractivity contribution in [3.8, 4) is 11.5 Å². The van der Waals surface area contributed by atoms with E-state index in [1.54, 1.807) is 12.1 Å². The summed E-state index contributed by atoms with van der Waals surface area (Å²) < 4.78 is 0. The summed E-state index contributed by atoms with van der Waals surface area (Å²) >= 11 is 0. The minimum atomic E-state index is -0.213. The third-order valence-electron chi connectivity index (χ3n) is 7.37. The maximum absolute atomic E-state index is 10.5. The lowest BCUT2D eigenvalue weighted by Gasteiger charge is -2.60. The van der Waals surface area contributed by atoms with Crippen LogP contribution < -0.4 is 0 Å². The number of benzene rings is 1. The number of aliphatic hydroxyl groups is 1. The van der Waals surface area contributed by atoms with Crippen molar-refractivity contribution in [2.75, 3.05) is 0 Å². The minimum absolute atomic E-state index is 0.0493. The van der Waals surface area contributed by atoms with E-state index in [1.807, 2.05) is 0 Å². The summed E-state index contributed by atoms with van der Waals surface area (Å²) in [6.07, 6.45) is 4.96. The summed E-state index contributed by atoms with van der Waals surface area (Å²) in [5.41, 5.74) is 1.16. The number of fused-ring (bicyclic) bond motifs is 1. The van der Waals surface area contributed by atoms with Gasteiger partial charge in [0.2, 0.25) is 0 Å². The molecule has 2 fully saturated rings. The molecular weight excluding hydrogens is 300 g/mol. The largest absolute Gasteiger partial charge is 0.508 e. The highest BCUT2D eigenvalue weighted by atomic mass is 16.3. The number of hydrogen-bond acceptors (Lipinski definition) is 3. The molecule has 0 aliphatic heterocycles. The van der Waals surface area contributed by atoms with Gasteiger partial charge in [0.1, 0.15) is 11.5 Å². The molecule has 0 heterocycles. The molecule has 3 nitrogen and oxygen atoms in total. The third-order valence-corrected chi connectivity index (χ3v) is 7.37. The van der Waals surface area contributed by atoms with Crippen LogP contribution in [0.25, 0.3) is 0 Å². The van der Waals surface area contributed by atoms with Crippen molar-refractivity contribution >= 4 is 0 Å². The van der Waals surface area contributed by atoms with Crippen LogP contribution in [0.1, 0.15) is 58.9 Å². The first-order chi connectivity index (χ1) is 11.1. The van der Waals surface area contributed by atoms with Crippen LogP contribution in [0, 0.1) is 28.6 Å². The van der Waals surface area contributed by atoms with Crippen molar-refractivity contribution in [1.82, 2.24) is 0 Å². The van der Waals surface area contributed by atoms with E-state index < -0.39 is 0 Å². The van der Waals surface area contributed by atoms with Gasteiger partial charge < -0.3 is 15.3 Å². The third kappa shape index (κ3) is 2.81. The highest BCUT2D eigenvalue weighted by Gasteiger charge is 2.56. The zero-order valence-electron chi connectivity index (χ0n) is 15.4. The fourth-order valence-corrected chi connectivity index (χ4v) is 5.96. The van der Waals surface area contributed by atoms with E-state index in [-0.39, 0.29) is 28.4 Å². The molecule has 1 aromatic rings. The summed E-state index contributed by atoms with van der Waals surface area (Å²) in [5, 5.41) is 30.2. The number of phenols is 2. The van der Waals surface area contributed by atoms with Gasteiger partial charge in [-0.25, -0.2) is 0 Å². The van der Waals surface area contributed by atoms with Gasteiger partial charge in [-0.2, -0.15) is 0 Å². The van der Waals surface area contributed by atoms with E-state index in [9.17, 15) is 15.3 Å². The smallest absolute Gasteiger partial charge is 0.119 e. The number of aromatic hydroxyl groups is 2. The molecule has 5 atom stereocenters. The summed E-state index contributed by atoms with van der Waals surface area (Å²) in [6, 6.07) is 4.95. The molecule has 3 heteroatoms. The van der Waals surface area contributed by atoms with Gasteiger partial charge in [-0.15, -0.1) is 0 Å². The molecule has 2 aliphatic carbocycles. The van der Waals surface area contributed by atoms with Crippen LogP contribution in [0.4, 0.5) is 0 Å². The molecule has 0 amide bonds. The molecular formula is C21H32O3. The maximum atomic E-state index is 10.5. The van der Waals surface area contributed by atoms with Gasteiger partial charge >= 0.3 is 0 Å². The second kappa shape index (κ2) is 5.94. The van der Waals surface area contributed by atoms with Crippen LogP contribution in [0.5, 0.6) is 11.5 Å². The van der Waals surface area contributed by atoms with Crippen LogP contribution in [0.15, 0.2) is 18.2 Å². The molecule has 0 aromatic heterocycles.